The van der Waals surface area contributed by atoms with Crippen LogP contribution in [-0.2, 0) is 6.18 Å². The molecule has 122 valence electrons. The van der Waals surface area contributed by atoms with E-state index < -0.39 is 33.9 Å². The number of ether oxygens (including phenoxy) is 2. The number of nitrogens with zero attached hydrogens (tertiary/aromatic N) is 1. The van der Waals surface area contributed by atoms with E-state index in [0.717, 1.165) is 12.1 Å². The third kappa shape index (κ3) is 3.68. The fourth-order valence-electron chi connectivity index (χ4n) is 1.76. The summed E-state index contributed by atoms with van der Waals surface area (Å²) in [6, 6.07) is 5.21. The minimum Gasteiger partial charge on any atom is -0.490 e. The number of methoxy groups -OCH3 is 1. The largest absolute Gasteiger partial charge is 0.490 e. The van der Waals surface area contributed by atoms with Gasteiger partial charge < -0.3 is 9.47 Å². The molecule has 0 radical (unpaired) electrons. The van der Waals surface area contributed by atoms with Crippen LogP contribution >= 0.6 is 0 Å². The number of alkyl halides is 3. The first-order valence-corrected chi connectivity index (χ1v) is 6.09. The monoisotopic (exact) mass is 331 g/mol. The molecule has 0 aliphatic carbocycles. The maximum absolute atomic E-state index is 13.7. The zero-order valence-corrected chi connectivity index (χ0v) is 11.6. The second kappa shape index (κ2) is 6.11. The van der Waals surface area contributed by atoms with Gasteiger partial charge in [-0.1, -0.05) is 0 Å². The summed E-state index contributed by atoms with van der Waals surface area (Å²) in [5.41, 5.74) is -1.58. The van der Waals surface area contributed by atoms with Gasteiger partial charge in [0.05, 0.1) is 23.7 Å². The molecule has 0 bridgehead atoms. The van der Waals surface area contributed by atoms with Gasteiger partial charge in [0, 0.05) is 0 Å². The molecule has 9 heteroatoms. The molecule has 0 amide bonds. The lowest BCUT2D eigenvalue weighted by atomic mass is 10.2. The van der Waals surface area contributed by atoms with Crippen LogP contribution in [-0.4, -0.2) is 12.0 Å². The molecule has 5 nitrogen and oxygen atoms in total. The van der Waals surface area contributed by atoms with E-state index in [0.29, 0.717) is 6.07 Å². The number of nitro groups is 1. The summed E-state index contributed by atoms with van der Waals surface area (Å²) in [4.78, 5) is 10.2. The number of rotatable bonds is 4. The molecular formula is C14H9F4NO4. The van der Waals surface area contributed by atoms with Crippen molar-refractivity contribution >= 4 is 5.69 Å². The molecule has 0 N–H and O–H groups in total. The van der Waals surface area contributed by atoms with Gasteiger partial charge in [0.2, 0.25) is 0 Å². The third-order valence-corrected chi connectivity index (χ3v) is 2.83. The van der Waals surface area contributed by atoms with Crippen LogP contribution in [0, 0.1) is 15.9 Å². The summed E-state index contributed by atoms with van der Waals surface area (Å²) in [5, 5.41) is 10.9. The summed E-state index contributed by atoms with van der Waals surface area (Å²) < 4.78 is 60.9. The molecule has 0 fully saturated rings. The molecule has 0 spiro atoms. The molecule has 23 heavy (non-hydrogen) atoms. The van der Waals surface area contributed by atoms with Gasteiger partial charge in [-0.05, 0) is 30.3 Å². The van der Waals surface area contributed by atoms with E-state index in [-0.39, 0.29) is 17.6 Å². The van der Waals surface area contributed by atoms with E-state index >= 15 is 0 Å². The highest BCUT2D eigenvalue weighted by Crippen LogP contribution is 2.36. The van der Waals surface area contributed by atoms with Crippen LogP contribution in [0.3, 0.4) is 0 Å². The topological polar surface area (TPSA) is 61.6 Å². The van der Waals surface area contributed by atoms with Gasteiger partial charge in [-0.3, -0.25) is 10.1 Å². The van der Waals surface area contributed by atoms with Gasteiger partial charge in [-0.15, -0.1) is 0 Å². The Balaban J connectivity index is 2.33. The average Bonchev–Trinajstić information content (AvgIpc) is 2.48. The molecule has 0 unspecified atom stereocenters. The minimum absolute atomic E-state index is 0.0322. The first-order chi connectivity index (χ1) is 10.7. The molecule has 0 atom stereocenters. The lowest BCUT2D eigenvalue weighted by Crippen LogP contribution is -2.05. The Kier molecular flexibility index (Phi) is 4.39. The van der Waals surface area contributed by atoms with Crippen molar-refractivity contribution in [3.63, 3.8) is 0 Å². The van der Waals surface area contributed by atoms with Crippen LogP contribution in [0.25, 0.3) is 0 Å². The van der Waals surface area contributed by atoms with Crippen molar-refractivity contribution in [2.45, 2.75) is 6.18 Å². The van der Waals surface area contributed by atoms with Crippen molar-refractivity contribution in [3.8, 4) is 17.2 Å². The quantitative estimate of drug-likeness (QED) is 0.468. The number of hydrogen-bond acceptors (Lipinski definition) is 4. The highest BCUT2D eigenvalue weighted by Gasteiger charge is 2.31. The van der Waals surface area contributed by atoms with E-state index in [1.165, 1.54) is 19.2 Å². The molecule has 0 saturated heterocycles. The zero-order valence-electron chi connectivity index (χ0n) is 11.6. The van der Waals surface area contributed by atoms with Crippen LogP contribution in [0.4, 0.5) is 23.2 Å². The molecule has 2 aromatic rings. The first kappa shape index (κ1) is 16.5. The van der Waals surface area contributed by atoms with E-state index in [1.807, 2.05) is 0 Å². The van der Waals surface area contributed by atoms with E-state index in [4.69, 9.17) is 9.47 Å². The van der Waals surface area contributed by atoms with Crippen LogP contribution in [0.2, 0.25) is 0 Å². The van der Waals surface area contributed by atoms with Crippen molar-refractivity contribution < 1.29 is 32.0 Å². The normalized spacial score (nSPS) is 11.2. The minimum atomic E-state index is -4.68. The third-order valence-electron chi connectivity index (χ3n) is 2.83. The molecule has 0 aliphatic heterocycles. The Bertz CT molecular complexity index is 746. The molecular weight excluding hydrogens is 322 g/mol. The summed E-state index contributed by atoms with van der Waals surface area (Å²) in [5.74, 6) is -1.87. The van der Waals surface area contributed by atoms with Crippen LogP contribution in [0.1, 0.15) is 5.56 Å². The number of hydrogen-bond donors (Lipinski definition) is 0. The van der Waals surface area contributed by atoms with E-state index in [2.05, 4.69) is 0 Å². The van der Waals surface area contributed by atoms with Gasteiger partial charge >= 0.3 is 11.9 Å². The Morgan fingerprint density at radius 3 is 2.26 bits per heavy atom. The van der Waals surface area contributed by atoms with E-state index in [9.17, 15) is 27.7 Å². The highest BCUT2D eigenvalue weighted by atomic mass is 19.4. The number of benzene rings is 2. The van der Waals surface area contributed by atoms with Gasteiger partial charge in [0.25, 0.3) is 0 Å². The second-order valence-electron chi connectivity index (χ2n) is 4.34. The highest BCUT2D eigenvalue weighted by molar-refractivity contribution is 5.51. The molecule has 2 aromatic carbocycles. The van der Waals surface area contributed by atoms with Crippen LogP contribution < -0.4 is 9.47 Å². The van der Waals surface area contributed by atoms with Gasteiger partial charge in [0.15, 0.2) is 17.3 Å². The first-order valence-electron chi connectivity index (χ1n) is 6.09. The Labute approximate surface area is 127 Å². The molecule has 0 saturated carbocycles. The van der Waals surface area contributed by atoms with Crippen molar-refractivity contribution in [2.75, 3.05) is 7.11 Å². The maximum Gasteiger partial charge on any atom is 0.416 e. The van der Waals surface area contributed by atoms with Crippen LogP contribution in [0.5, 0.6) is 17.2 Å². The Morgan fingerprint density at radius 1 is 1.09 bits per heavy atom. The second-order valence-corrected chi connectivity index (χ2v) is 4.34. The lowest BCUT2D eigenvalue weighted by molar-refractivity contribution is -0.385. The SMILES string of the molecule is COc1ccc(Oc2ccc(C(F)(F)F)cc2F)cc1[N+](=O)[O-]. The van der Waals surface area contributed by atoms with Gasteiger partial charge in [0.1, 0.15) is 5.75 Å². The Hall–Kier alpha value is -2.84. The zero-order chi connectivity index (χ0) is 17.2. The van der Waals surface area contributed by atoms with Crippen molar-refractivity contribution in [2.24, 2.45) is 0 Å². The standard InChI is InChI=1S/C14H9F4NO4/c1-22-13-5-3-9(7-11(13)19(20)21)23-12-4-2-8(6-10(12)15)14(16,17)18/h2-7H,1H3. The maximum atomic E-state index is 13.7. The molecule has 0 aromatic heterocycles. The predicted octanol–water partition coefficient (Wildman–Crippen LogP) is 4.55. The smallest absolute Gasteiger partial charge is 0.416 e. The van der Waals surface area contributed by atoms with Gasteiger partial charge in [-0.25, -0.2) is 4.39 Å². The fourth-order valence-corrected chi connectivity index (χ4v) is 1.76. The number of halogens is 4. The number of nitro benzene ring substituents is 1. The molecule has 0 aliphatic rings. The summed E-state index contributed by atoms with van der Waals surface area (Å²) >= 11 is 0. The molecule has 2 rings (SSSR count). The van der Waals surface area contributed by atoms with Crippen molar-refractivity contribution in [1.29, 1.82) is 0 Å². The molecule has 0 heterocycles. The Morgan fingerprint density at radius 2 is 1.74 bits per heavy atom. The van der Waals surface area contributed by atoms with Crippen LogP contribution in [0.15, 0.2) is 36.4 Å². The summed E-state index contributed by atoms with van der Waals surface area (Å²) in [6.07, 6.45) is -4.68. The predicted molar refractivity (Wildman–Crippen MR) is 71.1 cm³/mol. The lowest BCUT2D eigenvalue weighted by Gasteiger charge is -2.11. The summed E-state index contributed by atoms with van der Waals surface area (Å²) in [6.45, 7) is 0. The average molecular weight is 331 g/mol. The summed E-state index contributed by atoms with van der Waals surface area (Å²) in [7, 11) is 1.23. The fraction of sp³-hybridized carbons (Fsp3) is 0.143. The van der Waals surface area contributed by atoms with Crippen molar-refractivity contribution in [3.05, 3.63) is 57.9 Å². The van der Waals surface area contributed by atoms with Gasteiger partial charge in [-0.2, -0.15) is 13.2 Å². The van der Waals surface area contributed by atoms with Crippen molar-refractivity contribution in [1.82, 2.24) is 0 Å². The van der Waals surface area contributed by atoms with E-state index in [1.54, 1.807) is 0 Å².